The van der Waals surface area contributed by atoms with E-state index in [1.165, 1.54) is 6.20 Å². The van der Waals surface area contributed by atoms with Crippen LogP contribution >= 0.6 is 0 Å². The van der Waals surface area contributed by atoms with Gasteiger partial charge in [-0.1, -0.05) is 26.0 Å². The van der Waals surface area contributed by atoms with Crippen molar-refractivity contribution in [2.45, 2.75) is 26.3 Å². The Morgan fingerprint density at radius 2 is 1.96 bits per heavy atom. The average molecular weight is 325 g/mol. The average Bonchev–Trinajstić information content (AvgIpc) is 2.58. The van der Waals surface area contributed by atoms with Crippen LogP contribution in [-0.4, -0.2) is 34.4 Å². The molecule has 0 aliphatic heterocycles. The number of nitriles is 1. The smallest absolute Gasteiger partial charge is 0.272 e. The summed E-state index contributed by atoms with van der Waals surface area (Å²) in [4.78, 5) is 33.0. The number of hydrogen-bond acceptors (Lipinski definition) is 5. The van der Waals surface area contributed by atoms with E-state index in [-0.39, 0.29) is 24.1 Å². The third-order valence-electron chi connectivity index (χ3n) is 3.35. The molecular formula is C17H19N5O2. The molecule has 7 nitrogen and oxygen atoms in total. The van der Waals surface area contributed by atoms with Crippen molar-refractivity contribution < 1.29 is 9.59 Å². The molecule has 7 heteroatoms. The van der Waals surface area contributed by atoms with Crippen LogP contribution in [0.2, 0.25) is 0 Å². The molecule has 1 aromatic heterocycles. The number of carbonyl (C=O) groups is 2. The van der Waals surface area contributed by atoms with Gasteiger partial charge >= 0.3 is 0 Å². The molecule has 2 aromatic rings. The molecule has 2 rings (SSSR count). The molecule has 1 aromatic carbocycles. The maximum atomic E-state index is 12.4. The Kier molecular flexibility index (Phi) is 5.79. The van der Waals surface area contributed by atoms with Crippen LogP contribution in [0.15, 0.2) is 30.5 Å². The maximum Gasteiger partial charge on any atom is 0.272 e. The van der Waals surface area contributed by atoms with Crippen molar-refractivity contribution in [1.29, 1.82) is 5.26 Å². The molecule has 0 radical (unpaired) electrons. The van der Waals surface area contributed by atoms with Gasteiger partial charge in [-0.2, -0.15) is 5.26 Å². The SMILES string of the molecule is CC(C)C[C@@H](NC(=O)c1cnc2ccccc2n1)C(=O)NCC#N. The number of rotatable bonds is 6. The second-order valence-corrected chi connectivity index (χ2v) is 5.78. The third-order valence-corrected chi connectivity index (χ3v) is 3.35. The highest BCUT2D eigenvalue weighted by Crippen LogP contribution is 2.10. The molecule has 0 saturated carbocycles. The first-order valence-electron chi connectivity index (χ1n) is 7.68. The molecule has 2 N–H and O–H groups in total. The molecule has 0 bridgehead atoms. The highest BCUT2D eigenvalue weighted by Gasteiger charge is 2.23. The lowest BCUT2D eigenvalue weighted by Crippen LogP contribution is -2.47. The monoisotopic (exact) mass is 325 g/mol. The molecule has 24 heavy (non-hydrogen) atoms. The standard InChI is InChI=1S/C17H19N5O2/c1-11(2)9-14(16(23)19-8-7-18)22-17(24)15-10-20-12-5-3-4-6-13(12)21-15/h3-6,10-11,14H,8-9H2,1-2H3,(H,19,23)(H,22,24)/t14-/m1/s1. The van der Waals surface area contributed by atoms with E-state index in [4.69, 9.17) is 5.26 Å². The lowest BCUT2D eigenvalue weighted by molar-refractivity contribution is -0.123. The molecule has 1 heterocycles. The minimum absolute atomic E-state index is 0.0981. The van der Waals surface area contributed by atoms with Gasteiger partial charge in [-0.3, -0.25) is 14.6 Å². The van der Waals surface area contributed by atoms with E-state index in [1.807, 2.05) is 32.0 Å². The maximum absolute atomic E-state index is 12.4. The van der Waals surface area contributed by atoms with E-state index in [1.54, 1.807) is 12.1 Å². The van der Waals surface area contributed by atoms with Crippen LogP contribution in [0.4, 0.5) is 0 Å². The van der Waals surface area contributed by atoms with Gasteiger partial charge in [-0.15, -0.1) is 0 Å². The third kappa shape index (κ3) is 4.49. The van der Waals surface area contributed by atoms with Gasteiger partial charge in [0.2, 0.25) is 5.91 Å². The second kappa shape index (κ2) is 8.02. The summed E-state index contributed by atoms with van der Waals surface area (Å²) in [5, 5.41) is 13.7. The topological polar surface area (TPSA) is 108 Å². The van der Waals surface area contributed by atoms with Crippen LogP contribution < -0.4 is 10.6 Å². The van der Waals surface area contributed by atoms with Crippen molar-refractivity contribution in [2.75, 3.05) is 6.54 Å². The van der Waals surface area contributed by atoms with Gasteiger partial charge in [-0.05, 0) is 24.5 Å². The van der Waals surface area contributed by atoms with Crippen LogP contribution in [0.3, 0.4) is 0 Å². The number of para-hydroxylation sites is 2. The van der Waals surface area contributed by atoms with Gasteiger partial charge in [0, 0.05) is 0 Å². The molecule has 2 amide bonds. The molecule has 0 aliphatic carbocycles. The summed E-state index contributed by atoms with van der Waals surface area (Å²) in [5.41, 5.74) is 1.45. The van der Waals surface area contributed by atoms with Crippen molar-refractivity contribution in [3.8, 4) is 6.07 Å². The summed E-state index contributed by atoms with van der Waals surface area (Å²) >= 11 is 0. The molecule has 0 fully saturated rings. The number of nitrogens with zero attached hydrogens (tertiary/aromatic N) is 3. The Morgan fingerprint density at radius 1 is 1.25 bits per heavy atom. The van der Waals surface area contributed by atoms with Crippen molar-refractivity contribution in [3.05, 3.63) is 36.2 Å². The molecule has 124 valence electrons. The normalized spacial score (nSPS) is 11.8. The van der Waals surface area contributed by atoms with Crippen LogP contribution in [0.25, 0.3) is 11.0 Å². The van der Waals surface area contributed by atoms with Gasteiger partial charge in [0.15, 0.2) is 0 Å². The van der Waals surface area contributed by atoms with Gasteiger partial charge in [0.05, 0.1) is 23.3 Å². The first-order valence-corrected chi connectivity index (χ1v) is 7.68. The first-order chi connectivity index (χ1) is 11.5. The van der Waals surface area contributed by atoms with Gasteiger partial charge in [0.1, 0.15) is 18.3 Å². The minimum atomic E-state index is -0.723. The summed E-state index contributed by atoms with van der Waals surface area (Å²) in [5.74, 6) is -0.649. The number of carbonyl (C=O) groups excluding carboxylic acids is 2. The lowest BCUT2D eigenvalue weighted by Gasteiger charge is -2.19. The number of nitrogens with one attached hydrogen (secondary N) is 2. The van der Waals surface area contributed by atoms with E-state index in [9.17, 15) is 9.59 Å². The van der Waals surface area contributed by atoms with E-state index < -0.39 is 11.9 Å². The highest BCUT2D eigenvalue weighted by molar-refractivity contribution is 5.97. The second-order valence-electron chi connectivity index (χ2n) is 5.78. The number of benzene rings is 1. The summed E-state index contributed by atoms with van der Waals surface area (Å²) in [6.45, 7) is 3.80. The number of hydrogen-bond donors (Lipinski definition) is 2. The van der Waals surface area contributed by atoms with Crippen LogP contribution in [0.1, 0.15) is 30.8 Å². The predicted octanol–water partition coefficient (Wildman–Crippen LogP) is 1.41. The quantitative estimate of drug-likeness (QED) is 0.781. The van der Waals surface area contributed by atoms with Crippen LogP contribution in [0, 0.1) is 17.2 Å². The highest BCUT2D eigenvalue weighted by atomic mass is 16.2. The van der Waals surface area contributed by atoms with Crippen molar-refractivity contribution in [1.82, 2.24) is 20.6 Å². The van der Waals surface area contributed by atoms with Crippen LogP contribution in [-0.2, 0) is 4.79 Å². The van der Waals surface area contributed by atoms with Gasteiger partial charge < -0.3 is 10.6 Å². The van der Waals surface area contributed by atoms with E-state index in [2.05, 4.69) is 20.6 Å². The van der Waals surface area contributed by atoms with Crippen molar-refractivity contribution >= 4 is 22.8 Å². The molecule has 0 saturated heterocycles. The summed E-state index contributed by atoms with van der Waals surface area (Å²) in [6, 6.07) is 8.35. The van der Waals surface area contributed by atoms with E-state index in [0.717, 1.165) is 0 Å². The van der Waals surface area contributed by atoms with E-state index in [0.29, 0.717) is 17.5 Å². The zero-order valence-electron chi connectivity index (χ0n) is 13.6. The minimum Gasteiger partial charge on any atom is -0.341 e. The largest absolute Gasteiger partial charge is 0.341 e. The number of aromatic nitrogens is 2. The van der Waals surface area contributed by atoms with E-state index >= 15 is 0 Å². The summed E-state index contributed by atoms with van der Waals surface area (Å²) in [6.07, 6.45) is 1.85. The number of amides is 2. The Bertz CT molecular complexity index is 782. The fourth-order valence-electron chi connectivity index (χ4n) is 2.25. The van der Waals surface area contributed by atoms with Gasteiger partial charge in [-0.25, -0.2) is 4.98 Å². The zero-order chi connectivity index (χ0) is 17.5. The molecule has 1 atom stereocenters. The van der Waals surface area contributed by atoms with Crippen molar-refractivity contribution in [2.24, 2.45) is 5.92 Å². The first kappa shape index (κ1) is 17.3. The fraction of sp³-hybridized carbons (Fsp3) is 0.353. The molecule has 0 spiro atoms. The molecule has 0 unspecified atom stereocenters. The predicted molar refractivity (Wildman–Crippen MR) is 88.9 cm³/mol. The zero-order valence-corrected chi connectivity index (χ0v) is 13.6. The van der Waals surface area contributed by atoms with Crippen LogP contribution in [0.5, 0.6) is 0 Å². The summed E-state index contributed by atoms with van der Waals surface area (Å²) in [7, 11) is 0. The fourth-order valence-corrected chi connectivity index (χ4v) is 2.25. The Morgan fingerprint density at radius 3 is 2.62 bits per heavy atom. The molecule has 0 aliphatic rings. The Hall–Kier alpha value is -3.01. The molecular weight excluding hydrogens is 306 g/mol. The lowest BCUT2D eigenvalue weighted by atomic mass is 10.0. The van der Waals surface area contributed by atoms with Crippen molar-refractivity contribution in [3.63, 3.8) is 0 Å². The van der Waals surface area contributed by atoms with Gasteiger partial charge in [0.25, 0.3) is 5.91 Å². The Balaban J connectivity index is 2.15. The Labute approximate surface area is 140 Å². The summed E-state index contributed by atoms with van der Waals surface area (Å²) < 4.78 is 0. The number of fused-ring (bicyclic) bond motifs is 1.